The van der Waals surface area contributed by atoms with Crippen molar-refractivity contribution in [2.24, 2.45) is 7.05 Å². The second-order valence-corrected chi connectivity index (χ2v) is 15.6. The summed E-state index contributed by atoms with van der Waals surface area (Å²) < 4.78 is 24.7. The number of benzene rings is 4. The second-order valence-electron chi connectivity index (χ2n) is 11.1. The predicted octanol–water partition coefficient (Wildman–Crippen LogP) is 7.18. The summed E-state index contributed by atoms with van der Waals surface area (Å²) in [6.45, 7) is 6.70. The van der Waals surface area contributed by atoms with Gasteiger partial charge in [0.1, 0.15) is 11.6 Å². The fourth-order valence-corrected chi connectivity index (χ4v) is 10.1. The number of aryl methyl sites for hydroxylation is 3. The molecular weight excluding hydrogens is 523 g/mol. The van der Waals surface area contributed by atoms with Crippen molar-refractivity contribution in [3.05, 3.63) is 120 Å². The summed E-state index contributed by atoms with van der Waals surface area (Å²) in [7, 11) is -1.00. The number of fused-ring (bicyclic) bond motifs is 1. The fraction of sp³-hybridized carbons (Fsp3) is 0.242. The van der Waals surface area contributed by atoms with E-state index in [1.807, 2.05) is 42.1 Å². The highest BCUT2D eigenvalue weighted by Crippen LogP contribution is 2.40. The lowest BCUT2D eigenvalue weighted by Gasteiger charge is -2.43. The van der Waals surface area contributed by atoms with E-state index in [-0.39, 0.29) is 10.9 Å². The van der Waals surface area contributed by atoms with Crippen LogP contribution < -0.4 is 14.8 Å². The number of hydrogen-bond donors (Lipinski definition) is 0. The van der Waals surface area contributed by atoms with Crippen molar-refractivity contribution < 1.29 is 8.82 Å². The molecule has 5 rings (SSSR count). The third kappa shape index (κ3) is 5.26. The zero-order valence-corrected chi connectivity index (χ0v) is 24.7. The Balaban J connectivity index is 1.67. The van der Waals surface area contributed by atoms with Gasteiger partial charge in [0.25, 0.3) is 0 Å². The van der Waals surface area contributed by atoms with Crippen LogP contribution in [0.25, 0.3) is 10.8 Å². The van der Waals surface area contributed by atoms with Crippen LogP contribution in [0.2, 0.25) is 5.04 Å². The van der Waals surface area contributed by atoms with Crippen LogP contribution in [0.5, 0.6) is 5.75 Å². The molecule has 5 aromatic rings. The molecule has 6 heteroatoms. The molecule has 0 N–H and O–H groups in total. The molecule has 0 saturated carbocycles. The fourth-order valence-electron chi connectivity index (χ4n) is 5.59. The molecule has 0 saturated heterocycles. The number of rotatable bonds is 8. The van der Waals surface area contributed by atoms with Crippen LogP contribution in [-0.2, 0) is 25.8 Å². The highest BCUT2D eigenvalue weighted by Gasteiger charge is 2.52. The van der Waals surface area contributed by atoms with Gasteiger partial charge in [0.05, 0.1) is 17.0 Å². The van der Waals surface area contributed by atoms with E-state index in [1.165, 1.54) is 6.07 Å². The van der Waals surface area contributed by atoms with E-state index in [2.05, 4.69) is 80.5 Å². The van der Waals surface area contributed by atoms with Crippen molar-refractivity contribution in [1.29, 1.82) is 0 Å². The van der Waals surface area contributed by atoms with Gasteiger partial charge >= 0.3 is 8.32 Å². The van der Waals surface area contributed by atoms with Gasteiger partial charge in [-0.15, -0.1) is 11.6 Å². The normalized spacial score (nSPS) is 12.2. The molecule has 0 aliphatic heterocycles. The molecule has 0 bridgehead atoms. The van der Waals surface area contributed by atoms with Gasteiger partial charge in [0.2, 0.25) is 0 Å². The zero-order chi connectivity index (χ0) is 27.6. The molecule has 200 valence electrons. The van der Waals surface area contributed by atoms with Crippen LogP contribution in [0, 0.1) is 5.82 Å². The Morgan fingerprint density at radius 3 is 2.05 bits per heavy atom. The summed E-state index contributed by atoms with van der Waals surface area (Å²) in [6.07, 6.45) is 1.56. The lowest BCUT2D eigenvalue weighted by Crippen LogP contribution is -2.68. The lowest BCUT2D eigenvalue weighted by molar-refractivity contribution is 0.509. The SMILES string of the molecule is Cn1nc(CCl)cc1CCc1cc(O[Si](c2ccccc2)(c2ccccc2)C(C)(C)C)c2c(F)cccc2c1. The van der Waals surface area contributed by atoms with Crippen LogP contribution in [0.15, 0.2) is 97.1 Å². The Morgan fingerprint density at radius 2 is 1.49 bits per heavy atom. The molecule has 4 aromatic carbocycles. The van der Waals surface area contributed by atoms with Crippen LogP contribution >= 0.6 is 11.6 Å². The van der Waals surface area contributed by atoms with E-state index in [4.69, 9.17) is 16.0 Å². The molecule has 0 fully saturated rings. The molecule has 0 radical (unpaired) electrons. The van der Waals surface area contributed by atoms with Gasteiger partial charge in [0, 0.05) is 12.7 Å². The number of aromatic nitrogens is 2. The Morgan fingerprint density at radius 1 is 0.846 bits per heavy atom. The minimum absolute atomic E-state index is 0.240. The standard InChI is InChI=1S/C33H34ClFN2OSi/c1-33(2,3)39(28-13-7-5-8-14-28,29-15-9-6-10-16-29)38-31-21-24(20-25-12-11-17-30(35)32(25)31)18-19-27-22-26(23-34)36-37(27)4/h5-17,20-22H,18-19,23H2,1-4H3. The van der Waals surface area contributed by atoms with Gasteiger partial charge < -0.3 is 4.43 Å². The number of hydrogen-bond acceptors (Lipinski definition) is 2. The van der Waals surface area contributed by atoms with Gasteiger partial charge in [-0.2, -0.15) is 5.10 Å². The summed E-state index contributed by atoms with van der Waals surface area (Å²) in [4.78, 5) is 0. The molecule has 0 amide bonds. The van der Waals surface area contributed by atoms with Crippen LogP contribution in [-0.4, -0.2) is 18.1 Å². The van der Waals surface area contributed by atoms with Crippen LogP contribution in [0.3, 0.4) is 0 Å². The average Bonchev–Trinajstić information content (AvgIpc) is 3.30. The minimum atomic E-state index is -2.95. The van der Waals surface area contributed by atoms with E-state index in [1.54, 1.807) is 6.07 Å². The maximum atomic E-state index is 15.5. The average molecular weight is 557 g/mol. The van der Waals surface area contributed by atoms with Crippen LogP contribution in [0.4, 0.5) is 4.39 Å². The Bertz CT molecular complexity index is 1540. The predicted molar refractivity (Wildman–Crippen MR) is 162 cm³/mol. The third-order valence-corrected chi connectivity index (χ3v) is 12.7. The quantitative estimate of drug-likeness (QED) is 0.149. The molecule has 0 atom stereocenters. The van der Waals surface area contributed by atoms with Gasteiger partial charge in [-0.05, 0) is 57.4 Å². The number of halogens is 2. The molecule has 0 unspecified atom stereocenters. The second kappa shape index (κ2) is 11.0. The molecule has 0 aliphatic rings. The first-order chi connectivity index (χ1) is 18.7. The maximum absolute atomic E-state index is 15.5. The maximum Gasteiger partial charge on any atom is 0.319 e. The van der Waals surface area contributed by atoms with Crippen LogP contribution in [0.1, 0.15) is 37.7 Å². The first kappa shape index (κ1) is 27.2. The summed E-state index contributed by atoms with van der Waals surface area (Å²) in [5.41, 5.74) is 3.07. The summed E-state index contributed by atoms with van der Waals surface area (Å²) in [6, 6.07) is 32.4. The van der Waals surface area contributed by atoms with E-state index in [0.717, 1.165) is 45.6 Å². The highest BCUT2D eigenvalue weighted by atomic mass is 35.5. The monoisotopic (exact) mass is 556 g/mol. The van der Waals surface area contributed by atoms with E-state index in [0.29, 0.717) is 17.0 Å². The first-order valence-electron chi connectivity index (χ1n) is 13.3. The van der Waals surface area contributed by atoms with E-state index < -0.39 is 8.32 Å². The highest BCUT2D eigenvalue weighted by molar-refractivity contribution is 7.00. The molecule has 3 nitrogen and oxygen atoms in total. The molecular formula is C33H34ClFN2OSi. The Labute approximate surface area is 236 Å². The zero-order valence-electron chi connectivity index (χ0n) is 22.9. The summed E-state index contributed by atoms with van der Waals surface area (Å²) in [5.74, 6) is 0.714. The molecule has 1 aromatic heterocycles. The Hall–Kier alpha value is -3.41. The van der Waals surface area contributed by atoms with Crippen molar-refractivity contribution in [1.82, 2.24) is 9.78 Å². The van der Waals surface area contributed by atoms with Crippen molar-refractivity contribution in [3.63, 3.8) is 0 Å². The van der Waals surface area contributed by atoms with Crippen molar-refractivity contribution >= 4 is 41.1 Å². The van der Waals surface area contributed by atoms with Gasteiger partial charge in [-0.25, -0.2) is 4.39 Å². The van der Waals surface area contributed by atoms with Crippen molar-refractivity contribution in [2.75, 3.05) is 0 Å². The Kier molecular flexibility index (Phi) is 7.65. The molecule has 0 aliphatic carbocycles. The van der Waals surface area contributed by atoms with Crippen molar-refractivity contribution in [3.8, 4) is 5.75 Å². The first-order valence-corrected chi connectivity index (χ1v) is 15.8. The molecule has 1 heterocycles. The molecule has 39 heavy (non-hydrogen) atoms. The third-order valence-electron chi connectivity index (χ3n) is 7.46. The minimum Gasteiger partial charge on any atom is -0.533 e. The smallest absolute Gasteiger partial charge is 0.319 e. The summed E-state index contributed by atoms with van der Waals surface area (Å²) >= 11 is 6.01. The largest absolute Gasteiger partial charge is 0.533 e. The van der Waals surface area contributed by atoms with E-state index in [9.17, 15) is 0 Å². The lowest BCUT2D eigenvalue weighted by atomic mass is 10.0. The molecule has 0 spiro atoms. The van der Waals surface area contributed by atoms with Gasteiger partial charge in [0.15, 0.2) is 0 Å². The summed E-state index contributed by atoms with van der Waals surface area (Å²) in [5, 5.41) is 7.92. The van der Waals surface area contributed by atoms with Gasteiger partial charge in [-0.3, -0.25) is 4.68 Å². The van der Waals surface area contributed by atoms with E-state index >= 15 is 4.39 Å². The van der Waals surface area contributed by atoms with Crippen molar-refractivity contribution in [2.45, 2.75) is 44.5 Å². The number of alkyl halides is 1. The number of nitrogens with zero attached hydrogens (tertiary/aromatic N) is 2. The topological polar surface area (TPSA) is 27.1 Å². The van der Waals surface area contributed by atoms with Gasteiger partial charge in [-0.1, -0.05) is 99.6 Å².